The minimum atomic E-state index is -1.43. The van der Waals surface area contributed by atoms with Crippen LogP contribution >= 0.6 is 11.3 Å². The smallest absolute Gasteiger partial charge is 0.407 e. The van der Waals surface area contributed by atoms with E-state index in [4.69, 9.17) is 0 Å². The van der Waals surface area contributed by atoms with Gasteiger partial charge < -0.3 is 15.5 Å². The first-order valence-electron chi connectivity index (χ1n) is 11.3. The third kappa shape index (κ3) is 9.75. The quantitative estimate of drug-likeness (QED) is 0.220. The zero-order chi connectivity index (χ0) is 25.0. The molecular weight excluding hydrogens is 458 g/mol. The van der Waals surface area contributed by atoms with Gasteiger partial charge in [-0.25, -0.2) is 14.6 Å². The van der Waals surface area contributed by atoms with Gasteiger partial charge in [0.25, 0.3) is 0 Å². The van der Waals surface area contributed by atoms with Gasteiger partial charge in [-0.3, -0.25) is 20.7 Å². The number of hydrogen-bond acceptors (Lipinski definition) is 6. The fourth-order valence-corrected chi connectivity index (χ4v) is 4.33. The van der Waals surface area contributed by atoms with Crippen LogP contribution in [0.1, 0.15) is 56.4 Å². The van der Waals surface area contributed by atoms with Crippen molar-refractivity contribution >= 4 is 34.6 Å². The Hall–Kier alpha value is -3.18. The number of amides is 3. The van der Waals surface area contributed by atoms with E-state index in [2.05, 4.69) is 38.4 Å². The lowest BCUT2D eigenvalue weighted by Gasteiger charge is -2.34. The summed E-state index contributed by atoms with van der Waals surface area (Å²) < 4.78 is 0. The Bertz CT molecular complexity index is 931. The minimum absolute atomic E-state index is 0.126. The van der Waals surface area contributed by atoms with Gasteiger partial charge in [0, 0.05) is 25.3 Å². The Morgan fingerprint density at radius 1 is 0.971 bits per heavy atom. The summed E-state index contributed by atoms with van der Waals surface area (Å²) in [5.74, 6) is -1.55. The van der Waals surface area contributed by atoms with Gasteiger partial charge >= 0.3 is 12.2 Å². The zero-order valence-electron chi connectivity index (χ0n) is 19.5. The lowest BCUT2D eigenvalue weighted by atomic mass is 10.0. The summed E-state index contributed by atoms with van der Waals surface area (Å²) >= 11 is 1.42. The molecule has 186 valence electrons. The van der Waals surface area contributed by atoms with Crippen LogP contribution in [-0.4, -0.2) is 45.6 Å². The van der Waals surface area contributed by atoms with Crippen LogP contribution in [-0.2, 0) is 24.1 Å². The normalized spacial score (nSPS) is 11.1. The second-order valence-electron chi connectivity index (χ2n) is 8.04. The van der Waals surface area contributed by atoms with E-state index in [-0.39, 0.29) is 5.91 Å². The molecule has 0 aliphatic carbocycles. The molecule has 0 unspecified atom stereocenters. The summed E-state index contributed by atoms with van der Waals surface area (Å²) in [7, 11) is 0. The molecule has 0 saturated heterocycles. The molecule has 0 fully saturated rings. The monoisotopic (exact) mass is 491 g/mol. The number of benzene rings is 1. The van der Waals surface area contributed by atoms with Crippen molar-refractivity contribution in [1.82, 2.24) is 20.9 Å². The van der Waals surface area contributed by atoms with Crippen molar-refractivity contribution in [3.05, 3.63) is 46.5 Å². The van der Waals surface area contributed by atoms with E-state index in [1.165, 1.54) is 23.8 Å². The molecule has 0 radical (unpaired) electrons. The molecule has 6 N–H and O–H groups in total. The minimum Gasteiger partial charge on any atom is -0.465 e. The highest BCUT2D eigenvalue weighted by Crippen LogP contribution is 2.17. The van der Waals surface area contributed by atoms with E-state index in [0.29, 0.717) is 30.9 Å². The highest BCUT2D eigenvalue weighted by Gasteiger charge is 2.32. The fraction of sp³-hybridized carbons (Fsp3) is 0.478. The van der Waals surface area contributed by atoms with Gasteiger partial charge in [-0.2, -0.15) is 0 Å². The maximum Gasteiger partial charge on any atom is 0.407 e. The molecule has 0 aliphatic heterocycles. The first kappa shape index (κ1) is 27.1. The number of nitrogens with zero attached hydrogens (tertiary/aromatic N) is 1. The van der Waals surface area contributed by atoms with Crippen LogP contribution < -0.4 is 21.3 Å². The van der Waals surface area contributed by atoms with Crippen molar-refractivity contribution in [2.45, 2.75) is 64.6 Å². The van der Waals surface area contributed by atoms with Crippen LogP contribution in [0.3, 0.4) is 0 Å². The SMILES string of the molecule is CCCCC(NCCc1ccc(CCCc2csc(NC(C)=O)n2)cc1)(NC(=O)O)NC(=O)O. The molecular formula is C23H33N5O5S. The molecule has 0 aliphatic rings. The third-order valence-corrected chi connectivity index (χ3v) is 5.95. The summed E-state index contributed by atoms with van der Waals surface area (Å²) in [5.41, 5.74) is 3.23. The fourth-order valence-electron chi connectivity index (χ4n) is 3.54. The van der Waals surface area contributed by atoms with Gasteiger partial charge in [-0.1, -0.05) is 37.6 Å². The number of anilines is 1. The van der Waals surface area contributed by atoms with Crippen molar-refractivity contribution < 1.29 is 24.6 Å². The average molecular weight is 492 g/mol. The Balaban J connectivity index is 1.84. The number of carboxylic acid groups (broad SMARTS) is 2. The second kappa shape index (κ2) is 13.5. The molecule has 34 heavy (non-hydrogen) atoms. The van der Waals surface area contributed by atoms with Gasteiger partial charge in [0.15, 0.2) is 10.9 Å². The highest BCUT2D eigenvalue weighted by molar-refractivity contribution is 7.13. The van der Waals surface area contributed by atoms with Crippen LogP contribution in [0.15, 0.2) is 29.6 Å². The summed E-state index contributed by atoms with van der Waals surface area (Å²) in [6.07, 6.45) is 2.42. The summed E-state index contributed by atoms with van der Waals surface area (Å²) in [6, 6.07) is 8.18. The standard InChI is InChI=1S/C23H33N5O5S/c1-3-4-13-23(27-21(30)31,28-22(32)33)24-14-12-18-10-8-17(9-11-18)6-5-7-19-15-34-20(26-19)25-16(2)29/h8-11,15,24,27-28H,3-7,12-14H2,1-2H3,(H,30,31)(H,32,33)(H,25,26,29). The van der Waals surface area contributed by atoms with Gasteiger partial charge in [-0.05, 0) is 43.2 Å². The maximum absolute atomic E-state index is 11.2. The average Bonchev–Trinajstić information content (AvgIpc) is 3.19. The topological polar surface area (TPSA) is 153 Å². The Labute approximate surface area is 203 Å². The Morgan fingerprint density at radius 2 is 1.59 bits per heavy atom. The lowest BCUT2D eigenvalue weighted by Crippen LogP contribution is -2.69. The van der Waals surface area contributed by atoms with E-state index >= 15 is 0 Å². The van der Waals surface area contributed by atoms with E-state index in [9.17, 15) is 24.6 Å². The molecule has 1 heterocycles. The molecule has 1 aromatic carbocycles. The number of carbonyl (C=O) groups excluding carboxylic acids is 1. The number of thiazole rings is 1. The molecule has 2 aromatic rings. The Kier molecular flexibility index (Phi) is 10.8. The Morgan fingerprint density at radius 3 is 2.15 bits per heavy atom. The number of aromatic nitrogens is 1. The summed E-state index contributed by atoms with van der Waals surface area (Å²) in [6.45, 7) is 3.81. The van der Waals surface area contributed by atoms with E-state index in [1.807, 2.05) is 24.4 Å². The molecule has 0 saturated carbocycles. The summed E-state index contributed by atoms with van der Waals surface area (Å²) in [5, 5.41) is 31.3. The van der Waals surface area contributed by atoms with Crippen LogP contribution in [0.5, 0.6) is 0 Å². The predicted octanol–water partition coefficient (Wildman–Crippen LogP) is 3.79. The van der Waals surface area contributed by atoms with Gasteiger partial charge in [0.1, 0.15) is 0 Å². The van der Waals surface area contributed by atoms with E-state index in [1.54, 1.807) is 0 Å². The van der Waals surface area contributed by atoms with Crippen LogP contribution in [0, 0.1) is 0 Å². The number of rotatable bonds is 14. The third-order valence-electron chi connectivity index (χ3n) is 5.14. The number of unbranched alkanes of at least 4 members (excludes halogenated alkanes) is 1. The van der Waals surface area contributed by atoms with Crippen LogP contribution in [0.25, 0.3) is 0 Å². The first-order valence-corrected chi connectivity index (χ1v) is 12.2. The molecule has 10 nitrogen and oxygen atoms in total. The largest absolute Gasteiger partial charge is 0.465 e. The van der Waals surface area contributed by atoms with Gasteiger partial charge in [0.05, 0.1) is 5.69 Å². The van der Waals surface area contributed by atoms with E-state index in [0.717, 1.165) is 36.9 Å². The number of nitrogens with one attached hydrogen (secondary N) is 4. The number of hydrogen-bond donors (Lipinski definition) is 6. The molecule has 11 heteroatoms. The van der Waals surface area contributed by atoms with Crippen molar-refractivity contribution in [3.8, 4) is 0 Å². The number of carbonyl (C=O) groups is 3. The molecule has 0 bridgehead atoms. The maximum atomic E-state index is 11.2. The second-order valence-corrected chi connectivity index (χ2v) is 8.90. The van der Waals surface area contributed by atoms with Crippen molar-refractivity contribution in [2.24, 2.45) is 0 Å². The van der Waals surface area contributed by atoms with Crippen LogP contribution in [0.4, 0.5) is 14.7 Å². The van der Waals surface area contributed by atoms with Crippen molar-refractivity contribution in [1.29, 1.82) is 0 Å². The predicted molar refractivity (Wildman–Crippen MR) is 131 cm³/mol. The summed E-state index contributed by atoms with van der Waals surface area (Å²) in [4.78, 5) is 38.0. The van der Waals surface area contributed by atoms with Crippen molar-refractivity contribution in [2.75, 3.05) is 11.9 Å². The van der Waals surface area contributed by atoms with Gasteiger partial charge in [-0.15, -0.1) is 11.3 Å². The molecule has 2 rings (SSSR count). The number of aryl methyl sites for hydroxylation is 2. The highest BCUT2D eigenvalue weighted by atomic mass is 32.1. The molecule has 1 aromatic heterocycles. The van der Waals surface area contributed by atoms with Crippen molar-refractivity contribution in [3.63, 3.8) is 0 Å². The molecule has 0 spiro atoms. The molecule has 0 atom stereocenters. The first-order chi connectivity index (χ1) is 16.2. The van der Waals surface area contributed by atoms with Crippen LogP contribution in [0.2, 0.25) is 0 Å². The van der Waals surface area contributed by atoms with E-state index < -0.39 is 18.0 Å². The zero-order valence-corrected chi connectivity index (χ0v) is 20.3. The molecule has 3 amide bonds. The van der Waals surface area contributed by atoms with Gasteiger partial charge in [0.2, 0.25) is 5.91 Å². The lowest BCUT2D eigenvalue weighted by molar-refractivity contribution is -0.114.